The Hall–Kier alpha value is -1.35. The van der Waals surface area contributed by atoms with Gasteiger partial charge in [0, 0.05) is 23.9 Å². The normalized spacial score (nSPS) is 16.6. The molecule has 0 radical (unpaired) electrons. The Labute approximate surface area is 112 Å². The van der Waals surface area contributed by atoms with E-state index >= 15 is 0 Å². The van der Waals surface area contributed by atoms with Crippen LogP contribution in [-0.4, -0.2) is 17.7 Å². The molecule has 1 aromatic rings. The number of hydrogen-bond donors (Lipinski definition) is 1. The van der Waals surface area contributed by atoms with Crippen LogP contribution in [0.1, 0.15) is 31.2 Å². The minimum absolute atomic E-state index is 0.00313. The van der Waals surface area contributed by atoms with Gasteiger partial charge in [-0.2, -0.15) is 0 Å². The number of benzene rings is 1. The third-order valence-electron chi connectivity index (χ3n) is 3.16. The van der Waals surface area contributed by atoms with Crippen LogP contribution in [0.25, 0.3) is 0 Å². The van der Waals surface area contributed by atoms with Gasteiger partial charge in [-0.05, 0) is 30.5 Å². The van der Waals surface area contributed by atoms with Gasteiger partial charge in [0.1, 0.15) is 5.78 Å². The summed E-state index contributed by atoms with van der Waals surface area (Å²) < 4.78 is 0. The summed E-state index contributed by atoms with van der Waals surface area (Å²) in [4.78, 5) is 22.9. The maximum Gasteiger partial charge on any atom is 0.224 e. The molecule has 0 aromatic heterocycles. The maximum absolute atomic E-state index is 11.8. The monoisotopic (exact) mass is 265 g/mol. The number of hydrogen-bond acceptors (Lipinski definition) is 2. The van der Waals surface area contributed by atoms with E-state index in [1.54, 1.807) is 12.1 Å². The zero-order chi connectivity index (χ0) is 13.0. The number of rotatable bonds is 3. The van der Waals surface area contributed by atoms with E-state index in [9.17, 15) is 9.59 Å². The first-order valence-electron chi connectivity index (χ1n) is 6.19. The van der Waals surface area contributed by atoms with Crippen molar-refractivity contribution in [1.29, 1.82) is 0 Å². The van der Waals surface area contributed by atoms with Gasteiger partial charge in [0.25, 0.3) is 0 Å². The summed E-state index contributed by atoms with van der Waals surface area (Å²) >= 11 is 5.87. The van der Waals surface area contributed by atoms with Crippen molar-refractivity contribution in [3.8, 4) is 0 Å². The predicted octanol–water partition coefficient (Wildman–Crippen LogP) is 2.51. The number of ketones is 1. The Kier molecular flexibility index (Phi) is 4.37. The van der Waals surface area contributed by atoms with E-state index in [1.165, 1.54) is 0 Å². The molecule has 1 aliphatic carbocycles. The summed E-state index contributed by atoms with van der Waals surface area (Å²) in [6.07, 6.45) is 3.04. The number of amides is 1. The molecule has 96 valence electrons. The van der Waals surface area contributed by atoms with Gasteiger partial charge in [0.05, 0.1) is 6.42 Å². The van der Waals surface area contributed by atoms with E-state index in [0.29, 0.717) is 30.1 Å². The molecule has 1 N–H and O–H groups in total. The second-order valence-electron chi connectivity index (χ2n) is 4.69. The molecule has 0 saturated heterocycles. The molecule has 0 aliphatic heterocycles. The molecule has 3 nitrogen and oxygen atoms in total. The highest BCUT2D eigenvalue weighted by Gasteiger charge is 2.20. The molecule has 1 saturated carbocycles. The lowest BCUT2D eigenvalue weighted by Crippen LogP contribution is -2.38. The zero-order valence-corrected chi connectivity index (χ0v) is 10.9. The quantitative estimate of drug-likeness (QED) is 0.913. The van der Waals surface area contributed by atoms with Crippen molar-refractivity contribution in [2.45, 2.75) is 38.1 Å². The Bertz CT molecular complexity index is 449. The molecular weight excluding hydrogens is 250 g/mol. The fraction of sp³-hybridized carbons (Fsp3) is 0.429. The zero-order valence-electron chi connectivity index (χ0n) is 10.1. The van der Waals surface area contributed by atoms with Crippen LogP contribution in [0.5, 0.6) is 0 Å². The molecule has 0 spiro atoms. The molecule has 1 aromatic carbocycles. The number of carbonyl (C=O) groups is 2. The Morgan fingerprint density at radius 1 is 1.33 bits per heavy atom. The van der Waals surface area contributed by atoms with Crippen molar-refractivity contribution >= 4 is 23.3 Å². The first-order valence-corrected chi connectivity index (χ1v) is 6.57. The van der Waals surface area contributed by atoms with Crippen molar-refractivity contribution in [3.05, 3.63) is 34.9 Å². The lowest BCUT2D eigenvalue weighted by molar-refractivity contribution is -0.124. The second-order valence-corrected chi connectivity index (χ2v) is 5.12. The van der Waals surface area contributed by atoms with E-state index in [1.807, 2.05) is 12.1 Å². The largest absolute Gasteiger partial charge is 0.353 e. The van der Waals surface area contributed by atoms with Crippen LogP contribution in [0.4, 0.5) is 0 Å². The number of nitrogens with one attached hydrogen (secondary N) is 1. The van der Waals surface area contributed by atoms with Gasteiger partial charge < -0.3 is 5.32 Å². The predicted molar refractivity (Wildman–Crippen MR) is 70.6 cm³/mol. The van der Waals surface area contributed by atoms with Gasteiger partial charge in [0.15, 0.2) is 0 Å². The lowest BCUT2D eigenvalue weighted by atomic mass is 9.94. The van der Waals surface area contributed by atoms with Crippen LogP contribution < -0.4 is 5.32 Å². The first kappa shape index (κ1) is 13.1. The van der Waals surface area contributed by atoms with Crippen molar-refractivity contribution in [2.75, 3.05) is 0 Å². The topological polar surface area (TPSA) is 46.2 Å². The van der Waals surface area contributed by atoms with Crippen molar-refractivity contribution in [2.24, 2.45) is 0 Å². The first-order chi connectivity index (χ1) is 8.63. The highest BCUT2D eigenvalue weighted by atomic mass is 35.5. The third-order valence-corrected chi connectivity index (χ3v) is 3.40. The average molecular weight is 266 g/mol. The highest BCUT2D eigenvalue weighted by Crippen LogP contribution is 2.15. The van der Waals surface area contributed by atoms with E-state index < -0.39 is 0 Å². The Morgan fingerprint density at radius 2 is 2.06 bits per heavy atom. The molecular formula is C14H16ClNO2. The molecule has 2 rings (SSSR count). The molecule has 1 aliphatic rings. The number of Topliss-reactive ketones (excluding diaryl/α,β-unsaturated/α-hetero) is 1. The highest BCUT2D eigenvalue weighted by molar-refractivity contribution is 6.30. The van der Waals surface area contributed by atoms with E-state index in [4.69, 9.17) is 11.6 Å². The van der Waals surface area contributed by atoms with Crippen LogP contribution in [-0.2, 0) is 16.0 Å². The number of halogens is 1. The Morgan fingerprint density at radius 3 is 2.72 bits per heavy atom. The van der Waals surface area contributed by atoms with Gasteiger partial charge in [-0.1, -0.05) is 23.7 Å². The van der Waals surface area contributed by atoms with E-state index in [0.717, 1.165) is 18.4 Å². The minimum Gasteiger partial charge on any atom is -0.353 e. The summed E-state index contributed by atoms with van der Waals surface area (Å²) in [5.41, 5.74) is 0.909. The fourth-order valence-corrected chi connectivity index (χ4v) is 2.41. The lowest BCUT2D eigenvalue weighted by Gasteiger charge is -2.22. The molecule has 0 unspecified atom stereocenters. The summed E-state index contributed by atoms with van der Waals surface area (Å²) in [7, 11) is 0. The third kappa shape index (κ3) is 3.84. The standard InChI is InChI=1S/C14H16ClNO2/c15-11-3-1-2-10(8-11)9-14(18)16-12-4-6-13(17)7-5-12/h1-3,8,12H,4-7,9H2,(H,16,18). The smallest absolute Gasteiger partial charge is 0.224 e. The second kappa shape index (κ2) is 6.01. The molecule has 0 heterocycles. The van der Waals surface area contributed by atoms with Crippen LogP contribution >= 0.6 is 11.6 Å². The van der Waals surface area contributed by atoms with Gasteiger partial charge >= 0.3 is 0 Å². The summed E-state index contributed by atoms with van der Waals surface area (Å²) in [6, 6.07) is 7.45. The van der Waals surface area contributed by atoms with Crippen LogP contribution in [0, 0.1) is 0 Å². The van der Waals surface area contributed by atoms with E-state index in [2.05, 4.69) is 5.32 Å². The van der Waals surface area contributed by atoms with Crippen molar-refractivity contribution < 1.29 is 9.59 Å². The summed E-state index contributed by atoms with van der Waals surface area (Å²) in [6.45, 7) is 0. The average Bonchev–Trinajstić information content (AvgIpc) is 2.32. The Balaban J connectivity index is 1.83. The van der Waals surface area contributed by atoms with Crippen LogP contribution in [0.15, 0.2) is 24.3 Å². The van der Waals surface area contributed by atoms with Crippen LogP contribution in [0.2, 0.25) is 5.02 Å². The van der Waals surface area contributed by atoms with E-state index in [-0.39, 0.29) is 11.9 Å². The van der Waals surface area contributed by atoms with Crippen molar-refractivity contribution in [1.82, 2.24) is 5.32 Å². The van der Waals surface area contributed by atoms with Gasteiger partial charge in [0.2, 0.25) is 5.91 Å². The fourth-order valence-electron chi connectivity index (χ4n) is 2.20. The molecule has 4 heteroatoms. The summed E-state index contributed by atoms with van der Waals surface area (Å²) in [5.74, 6) is 0.298. The SMILES string of the molecule is O=C1CCC(NC(=O)Cc2cccc(Cl)c2)CC1. The minimum atomic E-state index is -0.00313. The van der Waals surface area contributed by atoms with Crippen molar-refractivity contribution in [3.63, 3.8) is 0 Å². The molecule has 1 fully saturated rings. The molecule has 1 amide bonds. The van der Waals surface area contributed by atoms with Crippen LogP contribution in [0.3, 0.4) is 0 Å². The molecule has 18 heavy (non-hydrogen) atoms. The number of carbonyl (C=O) groups excluding carboxylic acids is 2. The molecule has 0 bridgehead atoms. The van der Waals surface area contributed by atoms with Gasteiger partial charge in [-0.25, -0.2) is 0 Å². The van der Waals surface area contributed by atoms with Gasteiger partial charge in [-0.15, -0.1) is 0 Å². The summed E-state index contributed by atoms with van der Waals surface area (Å²) in [5, 5.41) is 3.62. The molecule has 0 atom stereocenters. The maximum atomic E-state index is 11.8. The van der Waals surface area contributed by atoms with Gasteiger partial charge in [-0.3, -0.25) is 9.59 Å².